The van der Waals surface area contributed by atoms with Crippen LogP contribution in [0, 0.1) is 0 Å². The zero-order chi connectivity index (χ0) is 45.7. The second kappa shape index (κ2) is 17.3. The van der Waals surface area contributed by atoms with Gasteiger partial charge in [0.2, 0.25) is 0 Å². The van der Waals surface area contributed by atoms with Crippen molar-refractivity contribution in [2.45, 2.75) is 38.0 Å². The van der Waals surface area contributed by atoms with E-state index < -0.39 is 8.07 Å². The topological polar surface area (TPSA) is 9.86 Å². The zero-order valence-corrected chi connectivity index (χ0v) is 39.7. The van der Waals surface area contributed by atoms with Gasteiger partial charge < -0.3 is 9.13 Å². The molecule has 69 heavy (non-hydrogen) atoms. The number of para-hydroxylation sites is 3. The second-order valence-corrected chi connectivity index (χ2v) is 22.9. The van der Waals surface area contributed by atoms with E-state index in [2.05, 4.69) is 258 Å². The van der Waals surface area contributed by atoms with Gasteiger partial charge in [0.15, 0.2) is 8.07 Å². The summed E-state index contributed by atoms with van der Waals surface area (Å²) in [6.07, 6.45) is 6.52. The molecule has 0 aliphatic heterocycles. The van der Waals surface area contributed by atoms with E-state index in [1.54, 1.807) is 0 Å². The van der Waals surface area contributed by atoms with Gasteiger partial charge >= 0.3 is 0 Å². The van der Waals surface area contributed by atoms with Gasteiger partial charge in [-0.2, -0.15) is 0 Å². The summed E-state index contributed by atoms with van der Waals surface area (Å²) in [5.74, 6) is 0.607. The molecule has 330 valence electrons. The lowest BCUT2D eigenvalue weighted by molar-refractivity contribution is 0.444. The third kappa shape index (κ3) is 6.91. The summed E-state index contributed by atoms with van der Waals surface area (Å²) >= 11 is 0. The molecule has 0 bridgehead atoms. The van der Waals surface area contributed by atoms with Gasteiger partial charge in [0.1, 0.15) is 0 Å². The smallest absolute Gasteiger partial charge is 0.179 e. The van der Waals surface area contributed by atoms with Crippen molar-refractivity contribution in [1.29, 1.82) is 0 Å². The quantitative estimate of drug-likeness (QED) is 0.101. The van der Waals surface area contributed by atoms with Crippen molar-refractivity contribution in [2.24, 2.45) is 0 Å². The lowest BCUT2D eigenvalue weighted by atomic mass is 9.84. The number of hydrogen-bond acceptors (Lipinski definition) is 0. The van der Waals surface area contributed by atoms with Gasteiger partial charge in [-0.05, 0) is 110 Å². The van der Waals surface area contributed by atoms with E-state index in [-0.39, 0.29) is 0 Å². The Kier molecular flexibility index (Phi) is 10.3. The zero-order valence-electron chi connectivity index (χ0n) is 38.7. The van der Waals surface area contributed by atoms with Crippen LogP contribution in [0.3, 0.4) is 0 Å². The van der Waals surface area contributed by atoms with E-state index in [9.17, 15) is 0 Å². The summed E-state index contributed by atoms with van der Waals surface area (Å²) in [6, 6.07) is 93.9. The van der Waals surface area contributed by atoms with E-state index in [0.717, 1.165) is 5.69 Å². The first-order chi connectivity index (χ1) is 34.2. The van der Waals surface area contributed by atoms with Crippen LogP contribution in [0.4, 0.5) is 0 Å². The molecule has 3 heteroatoms. The van der Waals surface area contributed by atoms with E-state index in [1.165, 1.54) is 130 Å². The lowest BCUT2D eigenvalue weighted by Gasteiger charge is -2.35. The summed E-state index contributed by atoms with van der Waals surface area (Å²) in [6.45, 7) is 0. The molecule has 0 saturated heterocycles. The number of aromatic nitrogens is 2. The molecule has 1 saturated carbocycles. The van der Waals surface area contributed by atoms with Gasteiger partial charge in [0, 0.05) is 27.2 Å². The van der Waals surface area contributed by atoms with Gasteiger partial charge in [-0.3, -0.25) is 0 Å². The van der Waals surface area contributed by atoms with Crippen LogP contribution in [0.15, 0.2) is 249 Å². The fourth-order valence-electron chi connectivity index (χ4n) is 12.1. The normalized spacial score (nSPS) is 13.4. The van der Waals surface area contributed by atoms with Crippen molar-refractivity contribution in [3.05, 3.63) is 254 Å². The molecule has 10 aromatic carbocycles. The van der Waals surface area contributed by atoms with Crippen LogP contribution in [0.25, 0.3) is 77.2 Å². The molecule has 1 aliphatic carbocycles. The maximum atomic E-state index is 2.58. The summed E-state index contributed by atoms with van der Waals surface area (Å²) in [5, 5.41) is 10.5. The summed E-state index contributed by atoms with van der Waals surface area (Å²) < 4.78 is 5.14. The Morgan fingerprint density at radius 1 is 0.319 bits per heavy atom. The van der Waals surface area contributed by atoms with Gasteiger partial charge in [0.05, 0.1) is 27.8 Å². The number of hydrogen-bond donors (Lipinski definition) is 0. The van der Waals surface area contributed by atoms with E-state index in [0.29, 0.717) is 5.92 Å². The van der Waals surface area contributed by atoms with Crippen LogP contribution in [0.5, 0.6) is 0 Å². The van der Waals surface area contributed by atoms with Crippen molar-refractivity contribution in [2.75, 3.05) is 0 Å². The monoisotopic (exact) mass is 900 g/mol. The fourth-order valence-corrected chi connectivity index (χ4v) is 16.9. The highest BCUT2D eigenvalue weighted by atomic mass is 28.3. The Bertz CT molecular complexity index is 3710. The molecule has 0 unspecified atom stereocenters. The molecular weight excluding hydrogens is 849 g/mol. The molecule has 0 amide bonds. The molecule has 2 nitrogen and oxygen atoms in total. The SMILES string of the molecule is c1ccc(-c2cc(-c3ccccc3)cc([Si](c3ccccc3)(c3ccccc3)c3cccc(-n4c5ccccc5c5cccc(-n6c7ccccc7c7ccc(C8CCCCC8)cc76)c54)c3)c2)cc1. The Morgan fingerprint density at radius 2 is 0.826 bits per heavy atom. The van der Waals surface area contributed by atoms with E-state index >= 15 is 0 Å². The minimum Gasteiger partial charge on any atom is -0.307 e. The number of benzene rings is 10. The van der Waals surface area contributed by atoms with Crippen molar-refractivity contribution >= 4 is 72.4 Å². The summed E-state index contributed by atoms with van der Waals surface area (Å²) in [7, 11) is -3.09. The van der Waals surface area contributed by atoms with Crippen LogP contribution in [0.1, 0.15) is 43.6 Å². The Hall–Kier alpha value is -7.98. The van der Waals surface area contributed by atoms with Crippen molar-refractivity contribution in [3.63, 3.8) is 0 Å². The standard InChI is InChI=1S/C66H52N2Si/c1-6-22-47(23-7-1)50-40-41-60-58-34-16-19-38-63(58)68(65(60)45-50)64-39-21-36-61-59-35-17-18-37-62(59)67(66(61)64)53-28-20-33-56(46-53)69(54-29-12-4-13-30-54,55-31-14-5-15-32-55)57-43-51(48-24-8-2-9-25-48)42-52(44-57)49-26-10-3-11-27-49/h2-5,8-21,24-47H,1,6-7,22-23H2. The van der Waals surface area contributed by atoms with Gasteiger partial charge in [-0.1, -0.05) is 226 Å². The molecule has 1 aliphatic rings. The molecule has 0 spiro atoms. The molecule has 2 aromatic heterocycles. The van der Waals surface area contributed by atoms with E-state index in [4.69, 9.17) is 0 Å². The van der Waals surface area contributed by atoms with Crippen molar-refractivity contribution in [3.8, 4) is 33.6 Å². The van der Waals surface area contributed by atoms with Crippen LogP contribution in [-0.2, 0) is 0 Å². The largest absolute Gasteiger partial charge is 0.307 e. The van der Waals surface area contributed by atoms with Crippen LogP contribution in [-0.4, -0.2) is 17.2 Å². The first-order valence-electron chi connectivity index (χ1n) is 24.8. The van der Waals surface area contributed by atoms with Crippen LogP contribution >= 0.6 is 0 Å². The number of rotatable bonds is 9. The summed E-state index contributed by atoms with van der Waals surface area (Å²) in [4.78, 5) is 0. The third-order valence-electron chi connectivity index (χ3n) is 15.2. The Balaban J connectivity index is 1.11. The molecule has 0 radical (unpaired) electrons. The molecule has 0 atom stereocenters. The van der Waals surface area contributed by atoms with Gasteiger partial charge in [-0.15, -0.1) is 0 Å². The van der Waals surface area contributed by atoms with Gasteiger partial charge in [-0.25, -0.2) is 0 Å². The third-order valence-corrected chi connectivity index (χ3v) is 20.0. The molecule has 12 aromatic rings. The highest BCUT2D eigenvalue weighted by Crippen LogP contribution is 2.42. The lowest BCUT2D eigenvalue weighted by Crippen LogP contribution is -2.74. The summed E-state index contributed by atoms with van der Waals surface area (Å²) in [5.41, 5.74) is 13.6. The predicted molar refractivity (Wildman–Crippen MR) is 295 cm³/mol. The molecule has 13 rings (SSSR count). The molecule has 1 fully saturated rings. The fraction of sp³-hybridized carbons (Fsp3) is 0.0909. The first-order valence-corrected chi connectivity index (χ1v) is 26.8. The van der Waals surface area contributed by atoms with Crippen LogP contribution in [0.2, 0.25) is 0 Å². The minimum atomic E-state index is -3.09. The highest BCUT2D eigenvalue weighted by molar-refractivity contribution is 7.20. The number of fused-ring (bicyclic) bond motifs is 6. The Morgan fingerprint density at radius 3 is 1.46 bits per heavy atom. The highest BCUT2D eigenvalue weighted by Gasteiger charge is 2.42. The molecular formula is C66H52N2Si. The maximum Gasteiger partial charge on any atom is 0.179 e. The van der Waals surface area contributed by atoms with Gasteiger partial charge in [0.25, 0.3) is 0 Å². The average Bonchev–Trinajstić information content (AvgIpc) is 3.95. The van der Waals surface area contributed by atoms with Crippen molar-refractivity contribution in [1.82, 2.24) is 9.13 Å². The molecule has 0 N–H and O–H groups in total. The molecule has 2 heterocycles. The predicted octanol–water partition coefficient (Wildman–Crippen LogP) is 14.6. The average molecular weight is 901 g/mol. The Labute approximate surface area is 405 Å². The van der Waals surface area contributed by atoms with E-state index in [1.807, 2.05) is 0 Å². The minimum absolute atomic E-state index is 0.607. The van der Waals surface area contributed by atoms with Crippen LogP contribution < -0.4 is 20.7 Å². The maximum absolute atomic E-state index is 3.09. The second-order valence-electron chi connectivity index (χ2n) is 19.1. The number of nitrogens with zero attached hydrogens (tertiary/aromatic N) is 2. The van der Waals surface area contributed by atoms with Crippen molar-refractivity contribution < 1.29 is 0 Å². The first kappa shape index (κ1) is 41.2.